The highest BCUT2D eigenvalue weighted by Crippen LogP contribution is 2.19. The summed E-state index contributed by atoms with van der Waals surface area (Å²) in [6.07, 6.45) is 0. The van der Waals surface area contributed by atoms with Crippen molar-refractivity contribution in [1.29, 1.82) is 0 Å². The second-order valence-electron chi connectivity index (χ2n) is 4.28. The summed E-state index contributed by atoms with van der Waals surface area (Å²) in [5.41, 5.74) is 1.11. The summed E-state index contributed by atoms with van der Waals surface area (Å²) < 4.78 is 50.2. The third kappa shape index (κ3) is 3.17. The van der Waals surface area contributed by atoms with Crippen LogP contribution in [0.2, 0.25) is 0 Å². The van der Waals surface area contributed by atoms with Gasteiger partial charge in [0, 0.05) is 0 Å². The van der Waals surface area contributed by atoms with Crippen LogP contribution in [0.4, 0.5) is 8.78 Å². The van der Waals surface area contributed by atoms with E-state index in [1.807, 2.05) is 0 Å². The lowest BCUT2D eigenvalue weighted by Crippen LogP contribution is -2.06. The minimum absolute atomic E-state index is 0.0255. The van der Waals surface area contributed by atoms with Gasteiger partial charge in [0.1, 0.15) is 11.6 Å². The van der Waals surface area contributed by atoms with Crippen molar-refractivity contribution in [2.75, 3.05) is 0 Å². The lowest BCUT2D eigenvalue weighted by molar-refractivity contribution is 0.593. The van der Waals surface area contributed by atoms with Crippen molar-refractivity contribution in [2.45, 2.75) is 17.6 Å². The topological polar surface area (TPSA) is 34.1 Å². The SMILES string of the molecule is Cc1ccc(F)cc1CS(=O)(=O)c1ccc(F)cc1. The molecule has 0 heterocycles. The fourth-order valence-corrected chi connectivity index (χ4v) is 3.16. The van der Waals surface area contributed by atoms with Crippen molar-refractivity contribution in [1.82, 2.24) is 0 Å². The molecule has 100 valence electrons. The number of sulfone groups is 1. The van der Waals surface area contributed by atoms with Crippen molar-refractivity contribution in [3.05, 3.63) is 65.2 Å². The largest absolute Gasteiger partial charge is 0.223 e. The number of halogens is 2. The molecule has 0 aliphatic carbocycles. The molecule has 0 amide bonds. The Morgan fingerprint density at radius 2 is 1.53 bits per heavy atom. The van der Waals surface area contributed by atoms with Crippen LogP contribution in [0.5, 0.6) is 0 Å². The Balaban J connectivity index is 2.36. The normalized spacial score (nSPS) is 11.5. The van der Waals surface area contributed by atoms with Gasteiger partial charge in [0.15, 0.2) is 9.84 Å². The molecule has 0 unspecified atom stereocenters. The Kier molecular flexibility index (Phi) is 3.66. The van der Waals surface area contributed by atoms with E-state index >= 15 is 0 Å². The Morgan fingerprint density at radius 1 is 0.947 bits per heavy atom. The van der Waals surface area contributed by atoms with Crippen LogP contribution in [-0.4, -0.2) is 8.42 Å². The van der Waals surface area contributed by atoms with Crippen molar-refractivity contribution in [2.24, 2.45) is 0 Å². The minimum atomic E-state index is -3.60. The second kappa shape index (κ2) is 5.09. The number of benzene rings is 2. The third-order valence-electron chi connectivity index (χ3n) is 2.83. The van der Waals surface area contributed by atoms with Gasteiger partial charge in [0.05, 0.1) is 10.6 Å². The van der Waals surface area contributed by atoms with E-state index in [0.29, 0.717) is 11.1 Å². The van der Waals surface area contributed by atoms with Gasteiger partial charge >= 0.3 is 0 Å². The number of rotatable bonds is 3. The Labute approximate surface area is 110 Å². The summed E-state index contributed by atoms with van der Waals surface area (Å²) >= 11 is 0. The lowest BCUT2D eigenvalue weighted by Gasteiger charge is -2.07. The predicted octanol–water partition coefficient (Wildman–Crippen LogP) is 3.25. The van der Waals surface area contributed by atoms with E-state index in [1.165, 1.54) is 30.3 Å². The fourth-order valence-electron chi connectivity index (χ4n) is 1.73. The van der Waals surface area contributed by atoms with E-state index in [4.69, 9.17) is 0 Å². The summed E-state index contributed by atoms with van der Waals surface area (Å²) in [4.78, 5) is 0.0255. The van der Waals surface area contributed by atoms with Crippen LogP contribution in [-0.2, 0) is 15.6 Å². The standard InChI is InChI=1S/C14H12F2O2S/c1-10-2-3-13(16)8-11(10)9-19(17,18)14-6-4-12(15)5-7-14/h2-8H,9H2,1H3. The van der Waals surface area contributed by atoms with Gasteiger partial charge < -0.3 is 0 Å². The molecule has 0 N–H and O–H groups in total. The summed E-state index contributed by atoms with van der Waals surface area (Å²) in [6, 6.07) is 8.61. The molecule has 0 fully saturated rings. The molecule has 0 bridgehead atoms. The van der Waals surface area contributed by atoms with Gasteiger partial charge in [0.25, 0.3) is 0 Å². The van der Waals surface area contributed by atoms with Gasteiger partial charge in [-0.15, -0.1) is 0 Å². The second-order valence-corrected chi connectivity index (χ2v) is 6.27. The number of hydrogen-bond acceptors (Lipinski definition) is 2. The molecule has 0 spiro atoms. The monoisotopic (exact) mass is 282 g/mol. The maximum atomic E-state index is 13.1. The van der Waals surface area contributed by atoms with Crippen LogP contribution < -0.4 is 0 Å². The van der Waals surface area contributed by atoms with Crippen LogP contribution in [0.1, 0.15) is 11.1 Å². The van der Waals surface area contributed by atoms with E-state index in [9.17, 15) is 17.2 Å². The molecule has 2 rings (SSSR count). The Bertz CT molecular complexity index is 692. The molecule has 2 aromatic rings. The smallest absolute Gasteiger partial charge is 0.182 e. The fraction of sp³-hybridized carbons (Fsp3) is 0.143. The van der Waals surface area contributed by atoms with Crippen LogP contribution in [0.15, 0.2) is 47.4 Å². The highest BCUT2D eigenvalue weighted by Gasteiger charge is 2.17. The number of aryl methyl sites for hydroxylation is 1. The van der Waals surface area contributed by atoms with Gasteiger partial charge in [-0.1, -0.05) is 6.07 Å². The van der Waals surface area contributed by atoms with Crippen molar-refractivity contribution in [3.8, 4) is 0 Å². The first-order valence-electron chi connectivity index (χ1n) is 5.62. The van der Waals surface area contributed by atoms with E-state index in [1.54, 1.807) is 6.92 Å². The maximum Gasteiger partial charge on any atom is 0.182 e. The highest BCUT2D eigenvalue weighted by atomic mass is 32.2. The number of hydrogen-bond donors (Lipinski definition) is 0. The minimum Gasteiger partial charge on any atom is -0.223 e. The van der Waals surface area contributed by atoms with Crippen LogP contribution >= 0.6 is 0 Å². The predicted molar refractivity (Wildman–Crippen MR) is 68.4 cm³/mol. The Hall–Kier alpha value is -1.75. The van der Waals surface area contributed by atoms with Crippen molar-refractivity contribution >= 4 is 9.84 Å². The third-order valence-corrected chi connectivity index (χ3v) is 4.51. The first kappa shape index (κ1) is 13.7. The zero-order chi connectivity index (χ0) is 14.0. The van der Waals surface area contributed by atoms with Crippen LogP contribution in [0, 0.1) is 18.6 Å². The van der Waals surface area contributed by atoms with Crippen LogP contribution in [0.3, 0.4) is 0 Å². The van der Waals surface area contributed by atoms with E-state index in [0.717, 1.165) is 12.1 Å². The Morgan fingerprint density at radius 3 is 2.16 bits per heavy atom. The summed E-state index contributed by atoms with van der Waals surface area (Å²) in [6.45, 7) is 1.72. The molecule has 0 aliphatic heterocycles. The first-order valence-corrected chi connectivity index (χ1v) is 7.27. The van der Waals surface area contributed by atoms with E-state index in [2.05, 4.69) is 0 Å². The zero-order valence-corrected chi connectivity index (χ0v) is 11.0. The van der Waals surface area contributed by atoms with Gasteiger partial charge in [-0.3, -0.25) is 0 Å². The molecule has 2 aromatic carbocycles. The summed E-state index contributed by atoms with van der Waals surface area (Å²) in [7, 11) is -3.60. The van der Waals surface area contributed by atoms with Gasteiger partial charge in [0.2, 0.25) is 0 Å². The van der Waals surface area contributed by atoms with Gasteiger partial charge in [-0.25, -0.2) is 17.2 Å². The molecule has 0 saturated heterocycles. The first-order chi connectivity index (χ1) is 8.88. The van der Waals surface area contributed by atoms with Crippen molar-refractivity contribution < 1.29 is 17.2 Å². The molecule has 0 atom stereocenters. The molecule has 2 nitrogen and oxygen atoms in total. The van der Waals surface area contributed by atoms with E-state index < -0.39 is 21.5 Å². The summed E-state index contributed by atoms with van der Waals surface area (Å²) in [5, 5.41) is 0. The average Bonchev–Trinajstić information content (AvgIpc) is 2.34. The average molecular weight is 282 g/mol. The molecule has 0 radical (unpaired) electrons. The maximum absolute atomic E-state index is 13.1. The van der Waals surface area contributed by atoms with Gasteiger partial charge in [-0.2, -0.15) is 0 Å². The quantitative estimate of drug-likeness (QED) is 0.810. The molecule has 5 heteroatoms. The zero-order valence-electron chi connectivity index (χ0n) is 10.2. The van der Waals surface area contributed by atoms with Crippen LogP contribution in [0.25, 0.3) is 0 Å². The molecule has 0 saturated carbocycles. The van der Waals surface area contributed by atoms with Gasteiger partial charge in [-0.05, 0) is 54.4 Å². The highest BCUT2D eigenvalue weighted by molar-refractivity contribution is 7.90. The summed E-state index contributed by atoms with van der Waals surface area (Å²) in [5.74, 6) is -1.28. The lowest BCUT2D eigenvalue weighted by atomic mass is 10.1. The van der Waals surface area contributed by atoms with Crippen molar-refractivity contribution in [3.63, 3.8) is 0 Å². The molecular weight excluding hydrogens is 270 g/mol. The molecular formula is C14H12F2O2S. The van der Waals surface area contributed by atoms with E-state index in [-0.39, 0.29) is 10.6 Å². The molecule has 0 aromatic heterocycles. The molecule has 0 aliphatic rings. The molecule has 19 heavy (non-hydrogen) atoms.